The van der Waals surface area contributed by atoms with Crippen molar-refractivity contribution in [2.75, 3.05) is 18.4 Å². The van der Waals surface area contributed by atoms with Gasteiger partial charge in [0.1, 0.15) is 24.0 Å². The fourth-order valence-corrected chi connectivity index (χ4v) is 4.40. The largest absolute Gasteiger partial charge is 0.372 e. The van der Waals surface area contributed by atoms with Crippen molar-refractivity contribution in [3.05, 3.63) is 24.5 Å². The van der Waals surface area contributed by atoms with E-state index in [2.05, 4.69) is 25.3 Å². The molecule has 1 saturated heterocycles. The van der Waals surface area contributed by atoms with Gasteiger partial charge in [0.05, 0.1) is 17.8 Å². The Morgan fingerprint density at radius 3 is 2.38 bits per heavy atom. The molecule has 1 aliphatic heterocycles. The topological polar surface area (TPSA) is 111 Å². The van der Waals surface area contributed by atoms with Gasteiger partial charge < -0.3 is 19.5 Å². The van der Waals surface area contributed by atoms with Gasteiger partial charge in [-0.05, 0) is 33.1 Å². The molecule has 10 heteroatoms. The normalized spacial score (nSPS) is 19.9. The first-order valence-electron chi connectivity index (χ1n) is 11.8. The molecule has 0 saturated carbocycles. The third kappa shape index (κ3) is 4.72. The number of nitrogens with zero attached hydrogens (tertiary/aromatic N) is 7. The maximum Gasteiger partial charge on any atom is 0.245 e. The first kappa shape index (κ1) is 24.0. The second kappa shape index (κ2) is 9.25. The Kier molecular flexibility index (Phi) is 6.53. The summed E-state index contributed by atoms with van der Waals surface area (Å²) in [6, 6.07) is -0.499. The number of imidazole rings is 1. The summed E-state index contributed by atoms with van der Waals surface area (Å²) >= 11 is 0. The number of rotatable bonds is 5. The number of amides is 1. The highest BCUT2D eigenvalue weighted by Gasteiger charge is 2.38. The zero-order valence-electron chi connectivity index (χ0n) is 21.0. The number of aromatic nitrogens is 6. The van der Waals surface area contributed by atoms with Crippen LogP contribution in [0.25, 0.3) is 22.6 Å². The fraction of sp³-hybridized carbons (Fsp3) is 0.583. The Morgan fingerprint density at radius 1 is 1.15 bits per heavy atom. The van der Waals surface area contributed by atoms with Crippen molar-refractivity contribution in [1.29, 1.82) is 0 Å². The predicted molar refractivity (Wildman–Crippen MR) is 130 cm³/mol. The number of nitrogens with one attached hydrogen (secondary N) is 1. The average Bonchev–Trinajstić information content (AvgIpc) is 3.15. The molecule has 0 aromatic carbocycles. The lowest BCUT2D eigenvalue weighted by Gasteiger charge is -2.40. The molecule has 0 spiro atoms. The molecule has 182 valence electrons. The maximum absolute atomic E-state index is 13.7. The number of aryl methyl sites for hydroxylation is 2. The molecule has 1 aliphatic rings. The molecule has 3 unspecified atom stereocenters. The summed E-state index contributed by atoms with van der Waals surface area (Å²) in [5, 5.41) is 3.42. The summed E-state index contributed by atoms with van der Waals surface area (Å²) in [4.78, 5) is 38.1. The maximum atomic E-state index is 13.7. The first-order valence-corrected chi connectivity index (χ1v) is 11.8. The van der Waals surface area contributed by atoms with Gasteiger partial charge in [-0.25, -0.2) is 24.9 Å². The fourth-order valence-electron chi connectivity index (χ4n) is 4.40. The summed E-state index contributed by atoms with van der Waals surface area (Å²) < 4.78 is 7.84. The molecular weight excluding hydrogens is 432 g/mol. The highest BCUT2D eigenvalue weighted by atomic mass is 16.5. The summed E-state index contributed by atoms with van der Waals surface area (Å²) in [6.45, 7) is 15.8. The minimum atomic E-state index is -0.499. The van der Waals surface area contributed by atoms with Crippen LogP contribution in [0, 0.1) is 12.3 Å². The third-order valence-electron chi connectivity index (χ3n) is 6.01. The summed E-state index contributed by atoms with van der Waals surface area (Å²) in [5.41, 5.74) is 1.76. The van der Waals surface area contributed by atoms with Crippen molar-refractivity contribution in [2.24, 2.45) is 5.41 Å². The highest BCUT2D eigenvalue weighted by Crippen LogP contribution is 2.30. The Hall–Kier alpha value is -3.14. The van der Waals surface area contributed by atoms with E-state index in [1.54, 1.807) is 12.4 Å². The van der Waals surface area contributed by atoms with E-state index in [0.717, 1.165) is 11.4 Å². The van der Waals surface area contributed by atoms with E-state index in [-0.39, 0.29) is 23.5 Å². The molecule has 3 atom stereocenters. The second-order valence-corrected chi connectivity index (χ2v) is 10.0. The summed E-state index contributed by atoms with van der Waals surface area (Å²) in [6.07, 6.45) is 5.03. The molecule has 0 aliphatic carbocycles. The van der Waals surface area contributed by atoms with Crippen LogP contribution in [0.5, 0.6) is 0 Å². The number of hydrogen-bond acceptors (Lipinski definition) is 8. The molecule has 10 nitrogen and oxygen atoms in total. The lowest BCUT2D eigenvalue weighted by atomic mass is 9.85. The Labute approximate surface area is 200 Å². The van der Waals surface area contributed by atoms with Crippen LogP contribution in [0.2, 0.25) is 0 Å². The number of ether oxygens (including phenoxy) is 1. The van der Waals surface area contributed by atoms with Crippen LogP contribution in [0.3, 0.4) is 0 Å². The van der Waals surface area contributed by atoms with E-state index in [1.807, 2.05) is 57.9 Å². The number of morpholine rings is 1. The lowest BCUT2D eigenvalue weighted by molar-refractivity contribution is -0.146. The van der Waals surface area contributed by atoms with Crippen molar-refractivity contribution in [3.8, 4) is 11.4 Å². The molecule has 1 amide bonds. The van der Waals surface area contributed by atoms with E-state index in [4.69, 9.17) is 9.72 Å². The molecule has 34 heavy (non-hydrogen) atoms. The van der Waals surface area contributed by atoms with Crippen LogP contribution in [0.1, 0.15) is 47.4 Å². The zero-order valence-corrected chi connectivity index (χ0v) is 21.0. The van der Waals surface area contributed by atoms with Crippen molar-refractivity contribution in [3.63, 3.8) is 0 Å². The van der Waals surface area contributed by atoms with Gasteiger partial charge in [0.25, 0.3) is 0 Å². The van der Waals surface area contributed by atoms with Crippen molar-refractivity contribution >= 4 is 22.9 Å². The third-order valence-corrected chi connectivity index (χ3v) is 6.01. The van der Waals surface area contributed by atoms with E-state index in [1.165, 1.54) is 6.33 Å². The zero-order chi connectivity index (χ0) is 24.6. The van der Waals surface area contributed by atoms with Gasteiger partial charge in [-0.2, -0.15) is 0 Å². The second-order valence-electron chi connectivity index (χ2n) is 10.0. The van der Waals surface area contributed by atoms with Gasteiger partial charge >= 0.3 is 0 Å². The van der Waals surface area contributed by atoms with Gasteiger partial charge in [-0.1, -0.05) is 20.8 Å². The molecule has 3 aromatic rings. The summed E-state index contributed by atoms with van der Waals surface area (Å²) in [5.74, 6) is 1.98. The molecule has 1 N–H and O–H groups in total. The number of anilines is 1. The minimum absolute atomic E-state index is 0.00128. The van der Waals surface area contributed by atoms with Crippen LogP contribution in [0.4, 0.5) is 5.82 Å². The molecule has 3 aromatic heterocycles. The predicted octanol–water partition coefficient (Wildman–Crippen LogP) is 3.07. The van der Waals surface area contributed by atoms with Gasteiger partial charge in [-0.15, -0.1) is 0 Å². The van der Waals surface area contributed by atoms with Gasteiger partial charge in [0.2, 0.25) is 5.91 Å². The first-order chi connectivity index (χ1) is 16.1. The Bertz CT molecular complexity index is 1160. The quantitative estimate of drug-likeness (QED) is 0.611. The van der Waals surface area contributed by atoms with E-state index >= 15 is 0 Å². The molecule has 0 bridgehead atoms. The molecule has 4 rings (SSSR count). The van der Waals surface area contributed by atoms with Crippen LogP contribution >= 0.6 is 0 Å². The van der Waals surface area contributed by atoms with E-state index in [0.29, 0.717) is 42.4 Å². The number of carbonyl (C=O) groups excluding carboxylic acids is 1. The van der Waals surface area contributed by atoms with Crippen molar-refractivity contribution in [2.45, 2.75) is 73.3 Å². The van der Waals surface area contributed by atoms with E-state index < -0.39 is 6.04 Å². The van der Waals surface area contributed by atoms with Gasteiger partial charge in [0.15, 0.2) is 17.0 Å². The SMILES string of the molecule is CCn1c(-c2cnc(C)nc2)nc2c(NC(C(=O)N3CC(C)OC(C)C3)C(C)(C)C)ncnc21. The van der Waals surface area contributed by atoms with Crippen LogP contribution in [-0.2, 0) is 16.1 Å². The molecule has 0 radical (unpaired) electrons. The monoisotopic (exact) mass is 466 g/mol. The standard InChI is InChI=1S/C24H34N8O2/c1-8-32-21(17-9-25-16(4)26-10-17)29-18-20(27-13-28-22(18)32)30-19(24(5,6)7)23(33)31-11-14(2)34-15(3)12-31/h9-10,13-15,19H,8,11-12H2,1-7H3,(H,27,28,30). The molecule has 1 fully saturated rings. The minimum Gasteiger partial charge on any atom is -0.372 e. The molecular formula is C24H34N8O2. The van der Waals surface area contributed by atoms with Crippen molar-refractivity contribution < 1.29 is 9.53 Å². The lowest BCUT2D eigenvalue weighted by Crippen LogP contribution is -2.55. The van der Waals surface area contributed by atoms with E-state index in [9.17, 15) is 4.79 Å². The Balaban J connectivity index is 1.73. The number of carbonyl (C=O) groups is 1. The molecule has 4 heterocycles. The summed E-state index contributed by atoms with van der Waals surface area (Å²) in [7, 11) is 0. The van der Waals surface area contributed by atoms with Crippen LogP contribution in [0.15, 0.2) is 18.7 Å². The van der Waals surface area contributed by atoms with Gasteiger partial charge in [0, 0.05) is 32.0 Å². The van der Waals surface area contributed by atoms with Crippen molar-refractivity contribution in [1.82, 2.24) is 34.4 Å². The number of fused-ring (bicyclic) bond motifs is 1. The number of hydrogen-bond donors (Lipinski definition) is 1. The average molecular weight is 467 g/mol. The smallest absolute Gasteiger partial charge is 0.245 e. The van der Waals surface area contributed by atoms with Gasteiger partial charge in [-0.3, -0.25) is 4.79 Å². The van der Waals surface area contributed by atoms with Crippen LogP contribution in [-0.4, -0.2) is 71.6 Å². The van der Waals surface area contributed by atoms with Crippen LogP contribution < -0.4 is 5.32 Å². The Morgan fingerprint density at radius 2 is 1.79 bits per heavy atom. The highest BCUT2D eigenvalue weighted by molar-refractivity contribution is 5.91.